The van der Waals surface area contributed by atoms with E-state index >= 15 is 0 Å². The van der Waals surface area contributed by atoms with E-state index in [0.717, 1.165) is 17.7 Å². The Hall–Kier alpha value is -1.88. The van der Waals surface area contributed by atoms with Crippen LogP contribution in [0.2, 0.25) is 0 Å². The number of carbonyl (C=O) groups excluding carboxylic acids is 2. The Morgan fingerprint density at radius 3 is 2.45 bits per heavy atom. The molecule has 20 heavy (non-hydrogen) atoms. The van der Waals surface area contributed by atoms with Crippen LogP contribution in [0, 0.1) is 0 Å². The Labute approximate surface area is 119 Å². The summed E-state index contributed by atoms with van der Waals surface area (Å²) in [6, 6.07) is 7.76. The number of amides is 2. The molecule has 0 aromatic heterocycles. The molecule has 3 N–H and O–H groups in total. The lowest BCUT2D eigenvalue weighted by Crippen LogP contribution is -2.64. The van der Waals surface area contributed by atoms with Crippen LogP contribution in [0.5, 0.6) is 0 Å². The van der Waals surface area contributed by atoms with Crippen molar-refractivity contribution in [2.45, 2.75) is 38.8 Å². The zero-order chi connectivity index (χ0) is 14.9. The summed E-state index contributed by atoms with van der Waals surface area (Å²) < 4.78 is 0. The average Bonchev–Trinajstić information content (AvgIpc) is 2.42. The minimum absolute atomic E-state index is 0.0170. The maximum atomic E-state index is 11.9. The maximum Gasteiger partial charge on any atom is 0.251 e. The van der Waals surface area contributed by atoms with Crippen molar-refractivity contribution in [2.24, 2.45) is 5.73 Å². The van der Waals surface area contributed by atoms with Gasteiger partial charge in [0.1, 0.15) is 5.54 Å². The molecule has 5 nitrogen and oxygen atoms in total. The molecule has 1 heterocycles. The van der Waals surface area contributed by atoms with Gasteiger partial charge in [-0.25, -0.2) is 0 Å². The highest BCUT2D eigenvalue weighted by Crippen LogP contribution is 2.27. The van der Waals surface area contributed by atoms with E-state index in [1.54, 1.807) is 13.8 Å². The minimum Gasteiger partial charge on any atom is -0.348 e. The fraction of sp³-hybridized carbons (Fsp3) is 0.467. The summed E-state index contributed by atoms with van der Waals surface area (Å²) in [7, 11) is 0. The summed E-state index contributed by atoms with van der Waals surface area (Å²) in [5.74, 6) is -0.549. The molecule has 0 radical (unpaired) electrons. The van der Waals surface area contributed by atoms with Crippen molar-refractivity contribution in [3.63, 3.8) is 0 Å². The predicted octanol–water partition coefficient (Wildman–Crippen LogP) is 1.34. The number of hydrogen-bond acceptors (Lipinski definition) is 4. The zero-order valence-electron chi connectivity index (χ0n) is 12.1. The van der Waals surface area contributed by atoms with Gasteiger partial charge in [-0.05, 0) is 38.0 Å². The SMILES string of the molecule is CCC(N)c1ccc(N2CC(=O)NC(=O)C2(C)C)cc1. The molecule has 2 amide bonds. The molecule has 2 rings (SSSR count). The van der Waals surface area contributed by atoms with Crippen LogP contribution in [0.25, 0.3) is 0 Å². The van der Waals surface area contributed by atoms with Gasteiger partial charge < -0.3 is 10.6 Å². The molecule has 1 aliphatic heterocycles. The molecule has 1 aromatic rings. The molecular formula is C15H21N3O2. The number of carbonyl (C=O) groups is 2. The monoisotopic (exact) mass is 275 g/mol. The highest BCUT2D eigenvalue weighted by atomic mass is 16.2. The van der Waals surface area contributed by atoms with Gasteiger partial charge in [0.05, 0.1) is 6.54 Å². The molecule has 1 fully saturated rings. The van der Waals surface area contributed by atoms with Gasteiger partial charge in [-0.15, -0.1) is 0 Å². The molecule has 1 unspecified atom stereocenters. The summed E-state index contributed by atoms with van der Waals surface area (Å²) >= 11 is 0. The highest BCUT2D eigenvalue weighted by molar-refractivity contribution is 6.06. The van der Waals surface area contributed by atoms with E-state index in [0.29, 0.717) is 0 Å². The molecule has 108 valence electrons. The molecule has 1 atom stereocenters. The van der Waals surface area contributed by atoms with Crippen LogP contribution in [-0.4, -0.2) is 23.9 Å². The van der Waals surface area contributed by atoms with E-state index in [1.165, 1.54) is 0 Å². The van der Waals surface area contributed by atoms with Crippen LogP contribution in [-0.2, 0) is 9.59 Å². The fourth-order valence-corrected chi connectivity index (χ4v) is 2.33. The van der Waals surface area contributed by atoms with Crippen molar-refractivity contribution in [1.82, 2.24) is 5.32 Å². The smallest absolute Gasteiger partial charge is 0.251 e. The van der Waals surface area contributed by atoms with Crippen molar-refractivity contribution >= 4 is 17.5 Å². The Morgan fingerprint density at radius 2 is 1.90 bits per heavy atom. The van der Waals surface area contributed by atoms with Crippen LogP contribution in [0.15, 0.2) is 24.3 Å². The van der Waals surface area contributed by atoms with Gasteiger partial charge in [-0.1, -0.05) is 19.1 Å². The molecule has 1 saturated heterocycles. The summed E-state index contributed by atoms with van der Waals surface area (Å²) in [5, 5.41) is 2.37. The second-order valence-electron chi connectivity index (χ2n) is 5.63. The van der Waals surface area contributed by atoms with Crippen LogP contribution < -0.4 is 16.0 Å². The molecule has 5 heteroatoms. The molecule has 1 aliphatic rings. The largest absolute Gasteiger partial charge is 0.348 e. The Balaban J connectivity index is 2.30. The van der Waals surface area contributed by atoms with Gasteiger partial charge in [0.2, 0.25) is 5.91 Å². The maximum absolute atomic E-state index is 11.9. The van der Waals surface area contributed by atoms with E-state index in [4.69, 9.17) is 5.73 Å². The van der Waals surface area contributed by atoms with Crippen LogP contribution in [0.3, 0.4) is 0 Å². The third kappa shape index (κ3) is 2.54. The first-order valence-electron chi connectivity index (χ1n) is 6.83. The number of piperazine rings is 1. The normalized spacial score (nSPS) is 19.7. The van der Waals surface area contributed by atoms with Gasteiger partial charge in [0, 0.05) is 11.7 Å². The third-order valence-electron chi connectivity index (χ3n) is 3.86. The van der Waals surface area contributed by atoms with Gasteiger partial charge in [0.15, 0.2) is 0 Å². The Kier molecular flexibility index (Phi) is 3.81. The third-order valence-corrected chi connectivity index (χ3v) is 3.86. The molecule has 1 aromatic carbocycles. The zero-order valence-corrected chi connectivity index (χ0v) is 12.1. The lowest BCUT2D eigenvalue weighted by Gasteiger charge is -2.41. The molecular weight excluding hydrogens is 254 g/mol. The second kappa shape index (κ2) is 5.25. The number of nitrogens with zero attached hydrogens (tertiary/aromatic N) is 1. The fourth-order valence-electron chi connectivity index (χ4n) is 2.33. The van der Waals surface area contributed by atoms with E-state index in [9.17, 15) is 9.59 Å². The topological polar surface area (TPSA) is 75.4 Å². The molecule has 0 spiro atoms. The van der Waals surface area contributed by atoms with Crippen molar-refractivity contribution in [2.75, 3.05) is 11.4 Å². The van der Waals surface area contributed by atoms with Crippen LogP contribution >= 0.6 is 0 Å². The first kappa shape index (κ1) is 14.5. The number of nitrogens with two attached hydrogens (primary N) is 1. The number of anilines is 1. The first-order chi connectivity index (χ1) is 9.36. The Bertz CT molecular complexity index is 522. The van der Waals surface area contributed by atoms with Crippen molar-refractivity contribution < 1.29 is 9.59 Å². The summed E-state index contributed by atoms with van der Waals surface area (Å²) in [6.45, 7) is 5.83. The number of hydrogen-bond donors (Lipinski definition) is 2. The summed E-state index contributed by atoms with van der Waals surface area (Å²) in [4.78, 5) is 25.3. The lowest BCUT2D eigenvalue weighted by atomic mass is 9.97. The van der Waals surface area contributed by atoms with E-state index in [1.807, 2.05) is 36.1 Å². The van der Waals surface area contributed by atoms with Gasteiger partial charge in [-0.2, -0.15) is 0 Å². The second-order valence-corrected chi connectivity index (χ2v) is 5.63. The number of nitrogens with one attached hydrogen (secondary N) is 1. The van der Waals surface area contributed by atoms with Crippen molar-refractivity contribution in [3.8, 4) is 0 Å². The van der Waals surface area contributed by atoms with Crippen LogP contribution in [0.1, 0.15) is 38.8 Å². The standard InChI is InChI=1S/C15H21N3O2/c1-4-12(16)10-5-7-11(8-6-10)18-9-13(19)17-14(20)15(18,2)3/h5-8,12H,4,9,16H2,1-3H3,(H,17,19,20). The van der Waals surface area contributed by atoms with Crippen molar-refractivity contribution in [1.29, 1.82) is 0 Å². The minimum atomic E-state index is -0.748. The molecule has 0 bridgehead atoms. The van der Waals surface area contributed by atoms with Crippen molar-refractivity contribution in [3.05, 3.63) is 29.8 Å². The van der Waals surface area contributed by atoms with Crippen LogP contribution in [0.4, 0.5) is 5.69 Å². The number of benzene rings is 1. The van der Waals surface area contributed by atoms with E-state index < -0.39 is 5.54 Å². The molecule has 0 aliphatic carbocycles. The summed E-state index contributed by atoms with van der Waals surface area (Å²) in [5.41, 5.74) is 7.15. The van der Waals surface area contributed by atoms with E-state index in [2.05, 4.69) is 5.32 Å². The quantitative estimate of drug-likeness (QED) is 0.816. The first-order valence-corrected chi connectivity index (χ1v) is 6.83. The number of rotatable bonds is 3. The lowest BCUT2D eigenvalue weighted by molar-refractivity contribution is -0.135. The Morgan fingerprint density at radius 1 is 1.30 bits per heavy atom. The predicted molar refractivity (Wildman–Crippen MR) is 78.2 cm³/mol. The summed E-state index contributed by atoms with van der Waals surface area (Å²) in [6.07, 6.45) is 0.870. The highest BCUT2D eigenvalue weighted by Gasteiger charge is 2.40. The van der Waals surface area contributed by atoms with E-state index in [-0.39, 0.29) is 24.4 Å². The van der Waals surface area contributed by atoms with Gasteiger partial charge >= 0.3 is 0 Å². The van der Waals surface area contributed by atoms with Gasteiger partial charge in [0.25, 0.3) is 5.91 Å². The average molecular weight is 275 g/mol. The van der Waals surface area contributed by atoms with Gasteiger partial charge in [-0.3, -0.25) is 14.9 Å². The number of imide groups is 1. The molecule has 0 saturated carbocycles.